The first-order chi connectivity index (χ1) is 12.2. The predicted octanol–water partition coefficient (Wildman–Crippen LogP) is 2.88. The third-order valence-electron chi connectivity index (χ3n) is 4.28. The number of nitrogens with zero attached hydrogens (tertiary/aromatic N) is 2. The quantitative estimate of drug-likeness (QED) is 0.733. The molecule has 1 aliphatic heterocycles. The molecular formula is C19H22N2O5. The van der Waals surface area contributed by atoms with Crippen LogP contribution in [0.5, 0.6) is 0 Å². The monoisotopic (exact) mass is 358 g/mol. The number of fused-ring (bicyclic) bond motifs is 3. The van der Waals surface area contributed by atoms with Crippen LogP contribution in [0.3, 0.4) is 0 Å². The molecule has 0 bridgehead atoms. The number of esters is 1. The van der Waals surface area contributed by atoms with Gasteiger partial charge >= 0.3 is 12.1 Å². The summed E-state index contributed by atoms with van der Waals surface area (Å²) in [5.41, 5.74) is 0.704. The highest BCUT2D eigenvalue weighted by Gasteiger charge is 2.43. The fourth-order valence-electron chi connectivity index (χ4n) is 3.37. The van der Waals surface area contributed by atoms with Gasteiger partial charge in [-0.3, -0.25) is 9.69 Å². The Balaban J connectivity index is 2.24. The number of methoxy groups -OCH3 is 1. The average Bonchev–Trinajstić information content (AvgIpc) is 3.06. The smallest absolute Gasteiger partial charge is 0.420 e. The lowest BCUT2D eigenvalue weighted by Gasteiger charge is -2.25. The van der Waals surface area contributed by atoms with Crippen molar-refractivity contribution in [2.75, 3.05) is 12.0 Å². The van der Waals surface area contributed by atoms with Gasteiger partial charge in [0.1, 0.15) is 17.5 Å². The summed E-state index contributed by atoms with van der Waals surface area (Å²) < 4.78 is 11.8. The standard InChI is InChI=1S/C19H22N2O5/c1-11(22)20-15(17(23)25-5)10-13-12-8-6-7-9-14(12)21(16(13)20)18(24)26-19(2,3)4/h6-9,15H,10H2,1-5H3/t15-/m0/s1. The van der Waals surface area contributed by atoms with Crippen molar-refractivity contribution in [3.63, 3.8) is 0 Å². The summed E-state index contributed by atoms with van der Waals surface area (Å²) in [6, 6.07) is 6.54. The normalized spacial score (nSPS) is 16.5. The van der Waals surface area contributed by atoms with E-state index in [1.807, 2.05) is 18.2 Å². The minimum Gasteiger partial charge on any atom is -0.467 e. The van der Waals surface area contributed by atoms with Crippen molar-refractivity contribution >= 4 is 34.7 Å². The highest BCUT2D eigenvalue weighted by Crippen LogP contribution is 2.41. The van der Waals surface area contributed by atoms with Crippen LogP contribution < -0.4 is 4.90 Å². The number of para-hydroxylation sites is 1. The molecule has 2 aromatic rings. The Morgan fingerprint density at radius 1 is 1.15 bits per heavy atom. The van der Waals surface area contributed by atoms with Crippen molar-refractivity contribution < 1.29 is 23.9 Å². The molecule has 1 amide bonds. The molecule has 1 atom stereocenters. The molecule has 0 fully saturated rings. The number of ether oxygens (including phenoxy) is 2. The predicted molar refractivity (Wildman–Crippen MR) is 96.2 cm³/mol. The van der Waals surface area contributed by atoms with Crippen molar-refractivity contribution in [3.8, 4) is 0 Å². The maximum atomic E-state index is 12.9. The van der Waals surface area contributed by atoms with E-state index in [1.54, 1.807) is 26.8 Å². The topological polar surface area (TPSA) is 77.8 Å². The molecule has 0 radical (unpaired) electrons. The summed E-state index contributed by atoms with van der Waals surface area (Å²) >= 11 is 0. The van der Waals surface area contributed by atoms with Crippen LogP contribution in [0, 0.1) is 0 Å². The van der Waals surface area contributed by atoms with Crippen molar-refractivity contribution in [1.82, 2.24) is 4.57 Å². The minimum absolute atomic E-state index is 0.290. The number of rotatable bonds is 1. The second kappa shape index (κ2) is 6.16. The number of carbonyl (C=O) groups excluding carboxylic acids is 3. The number of benzene rings is 1. The van der Waals surface area contributed by atoms with E-state index in [4.69, 9.17) is 9.47 Å². The number of anilines is 1. The molecule has 138 valence electrons. The molecule has 0 spiro atoms. The molecular weight excluding hydrogens is 336 g/mol. The van der Waals surface area contributed by atoms with E-state index in [9.17, 15) is 14.4 Å². The Hall–Kier alpha value is -2.83. The van der Waals surface area contributed by atoms with Gasteiger partial charge in [0.05, 0.1) is 12.6 Å². The Kier molecular flexibility index (Phi) is 4.26. The molecule has 26 heavy (non-hydrogen) atoms. The molecule has 2 heterocycles. The lowest BCUT2D eigenvalue weighted by atomic mass is 10.1. The number of amides is 1. The van der Waals surface area contributed by atoms with Gasteiger partial charge in [0.15, 0.2) is 0 Å². The highest BCUT2D eigenvalue weighted by molar-refractivity contribution is 6.08. The molecule has 1 aliphatic rings. The lowest BCUT2D eigenvalue weighted by molar-refractivity contribution is -0.143. The minimum atomic E-state index is -0.791. The fourth-order valence-corrected chi connectivity index (χ4v) is 3.37. The highest BCUT2D eigenvalue weighted by atomic mass is 16.6. The van der Waals surface area contributed by atoms with E-state index in [0.29, 0.717) is 11.3 Å². The van der Waals surface area contributed by atoms with Crippen LogP contribution in [-0.4, -0.2) is 41.3 Å². The second-order valence-electron chi connectivity index (χ2n) is 7.27. The Morgan fingerprint density at radius 2 is 1.81 bits per heavy atom. The molecule has 0 saturated heterocycles. The molecule has 0 aliphatic carbocycles. The van der Waals surface area contributed by atoms with Crippen molar-refractivity contribution in [2.45, 2.75) is 45.8 Å². The van der Waals surface area contributed by atoms with Gasteiger partial charge in [-0.05, 0) is 26.8 Å². The molecule has 0 saturated carbocycles. The van der Waals surface area contributed by atoms with E-state index in [-0.39, 0.29) is 12.3 Å². The summed E-state index contributed by atoms with van der Waals surface area (Å²) in [6.45, 7) is 6.69. The van der Waals surface area contributed by atoms with E-state index in [1.165, 1.54) is 23.5 Å². The van der Waals surface area contributed by atoms with Gasteiger partial charge in [0, 0.05) is 24.3 Å². The largest absolute Gasteiger partial charge is 0.467 e. The van der Waals surface area contributed by atoms with Gasteiger partial charge in [0.2, 0.25) is 5.91 Å². The molecule has 7 heteroatoms. The van der Waals surface area contributed by atoms with Gasteiger partial charge in [-0.1, -0.05) is 18.2 Å². The van der Waals surface area contributed by atoms with Crippen LogP contribution >= 0.6 is 0 Å². The third-order valence-corrected chi connectivity index (χ3v) is 4.28. The second-order valence-corrected chi connectivity index (χ2v) is 7.27. The maximum absolute atomic E-state index is 12.9. The molecule has 0 N–H and O–H groups in total. The first-order valence-electron chi connectivity index (χ1n) is 8.39. The summed E-state index contributed by atoms with van der Waals surface area (Å²) in [5.74, 6) is -0.480. The number of carbonyl (C=O) groups is 3. The number of hydrogen-bond acceptors (Lipinski definition) is 5. The summed E-state index contributed by atoms with van der Waals surface area (Å²) in [4.78, 5) is 38.7. The van der Waals surface area contributed by atoms with Crippen molar-refractivity contribution in [3.05, 3.63) is 29.8 Å². The van der Waals surface area contributed by atoms with Crippen LogP contribution in [0.25, 0.3) is 10.9 Å². The lowest BCUT2D eigenvalue weighted by Crippen LogP contribution is -2.44. The first kappa shape index (κ1) is 18.0. The van der Waals surface area contributed by atoms with E-state index >= 15 is 0 Å². The number of hydrogen-bond donors (Lipinski definition) is 0. The zero-order valence-corrected chi connectivity index (χ0v) is 15.5. The van der Waals surface area contributed by atoms with E-state index in [0.717, 1.165) is 10.9 Å². The molecule has 3 rings (SSSR count). The Bertz CT molecular complexity index is 907. The molecule has 1 aromatic heterocycles. The average molecular weight is 358 g/mol. The van der Waals surface area contributed by atoms with Crippen LogP contribution in [-0.2, 0) is 25.5 Å². The summed E-state index contributed by atoms with van der Waals surface area (Å²) in [5, 5.41) is 0.811. The zero-order valence-electron chi connectivity index (χ0n) is 15.5. The van der Waals surface area contributed by atoms with Gasteiger partial charge in [-0.25, -0.2) is 14.2 Å². The van der Waals surface area contributed by atoms with Crippen LogP contribution in [0.4, 0.5) is 10.6 Å². The van der Waals surface area contributed by atoms with Gasteiger partial charge in [-0.2, -0.15) is 0 Å². The van der Waals surface area contributed by atoms with Gasteiger partial charge < -0.3 is 9.47 Å². The van der Waals surface area contributed by atoms with Gasteiger partial charge in [0.25, 0.3) is 0 Å². The number of aromatic nitrogens is 1. The first-order valence-corrected chi connectivity index (χ1v) is 8.39. The Labute approximate surface area is 151 Å². The maximum Gasteiger partial charge on any atom is 0.420 e. The SMILES string of the molecule is COC(=O)[C@@H]1Cc2c(n(C(=O)OC(C)(C)C)c3ccccc23)N1C(C)=O. The molecule has 0 unspecified atom stereocenters. The van der Waals surface area contributed by atoms with Crippen molar-refractivity contribution in [2.24, 2.45) is 0 Å². The van der Waals surface area contributed by atoms with Crippen LogP contribution in [0.2, 0.25) is 0 Å². The molecule has 1 aromatic carbocycles. The van der Waals surface area contributed by atoms with Crippen molar-refractivity contribution in [1.29, 1.82) is 0 Å². The van der Waals surface area contributed by atoms with Crippen LogP contribution in [0.1, 0.15) is 33.3 Å². The summed E-state index contributed by atoms with van der Waals surface area (Å²) in [7, 11) is 1.28. The van der Waals surface area contributed by atoms with E-state index in [2.05, 4.69) is 0 Å². The zero-order chi connectivity index (χ0) is 19.2. The third kappa shape index (κ3) is 2.83. The molecule has 7 nitrogen and oxygen atoms in total. The fraction of sp³-hybridized carbons (Fsp3) is 0.421. The summed E-state index contributed by atoms with van der Waals surface area (Å²) in [6.07, 6.45) is -0.301. The van der Waals surface area contributed by atoms with E-state index < -0.39 is 23.7 Å². The van der Waals surface area contributed by atoms with Gasteiger partial charge in [-0.15, -0.1) is 0 Å². The van der Waals surface area contributed by atoms with Crippen LogP contribution in [0.15, 0.2) is 24.3 Å². The Morgan fingerprint density at radius 3 is 2.38 bits per heavy atom.